The molecule has 0 saturated carbocycles. The van der Waals surface area contributed by atoms with Crippen molar-refractivity contribution in [2.24, 2.45) is 0 Å². The molecule has 1 aromatic carbocycles. The largest absolute Gasteiger partial charge is 0.345 e. The SMILES string of the molecule is CC(NC(=O)c1ccc([N+](=O)[O-])cc1)c1ccc(Cl)s1. The van der Waals surface area contributed by atoms with Gasteiger partial charge in [0.2, 0.25) is 0 Å². The molecule has 7 heteroatoms. The van der Waals surface area contributed by atoms with Crippen LogP contribution in [-0.4, -0.2) is 10.8 Å². The van der Waals surface area contributed by atoms with Crippen molar-refractivity contribution in [3.05, 3.63) is 61.3 Å². The lowest BCUT2D eigenvalue weighted by Crippen LogP contribution is -2.26. The minimum atomic E-state index is -0.502. The van der Waals surface area contributed by atoms with Gasteiger partial charge < -0.3 is 5.32 Å². The third-order valence-corrected chi connectivity index (χ3v) is 4.12. The summed E-state index contributed by atoms with van der Waals surface area (Å²) in [6.45, 7) is 1.85. The van der Waals surface area contributed by atoms with Crippen LogP contribution in [0.25, 0.3) is 0 Å². The van der Waals surface area contributed by atoms with E-state index in [-0.39, 0.29) is 17.6 Å². The number of hydrogen-bond acceptors (Lipinski definition) is 4. The molecule has 1 aromatic heterocycles. The van der Waals surface area contributed by atoms with Gasteiger partial charge in [0.15, 0.2) is 0 Å². The summed E-state index contributed by atoms with van der Waals surface area (Å²) in [7, 11) is 0. The summed E-state index contributed by atoms with van der Waals surface area (Å²) in [5.41, 5.74) is 0.338. The molecule has 0 bridgehead atoms. The van der Waals surface area contributed by atoms with Crippen LogP contribution < -0.4 is 5.32 Å². The molecule has 2 rings (SSSR count). The maximum absolute atomic E-state index is 12.0. The van der Waals surface area contributed by atoms with Crippen LogP contribution >= 0.6 is 22.9 Å². The number of nitrogens with one attached hydrogen (secondary N) is 1. The molecule has 0 saturated heterocycles. The number of halogens is 1. The summed E-state index contributed by atoms with van der Waals surface area (Å²) in [5, 5.41) is 13.4. The van der Waals surface area contributed by atoms with E-state index >= 15 is 0 Å². The third kappa shape index (κ3) is 3.34. The van der Waals surface area contributed by atoms with Gasteiger partial charge in [0.05, 0.1) is 15.3 Å². The van der Waals surface area contributed by atoms with Crippen LogP contribution in [0.15, 0.2) is 36.4 Å². The molecule has 1 amide bonds. The van der Waals surface area contributed by atoms with Crippen LogP contribution in [0.3, 0.4) is 0 Å². The first-order chi connectivity index (χ1) is 9.47. The van der Waals surface area contributed by atoms with Crippen LogP contribution in [0.4, 0.5) is 5.69 Å². The molecule has 0 spiro atoms. The standard InChI is InChI=1S/C13H11ClN2O3S/c1-8(11-6-7-12(14)20-11)15-13(17)9-2-4-10(5-3-9)16(18)19/h2-8H,1H3,(H,15,17). The van der Waals surface area contributed by atoms with Crippen molar-refractivity contribution in [3.63, 3.8) is 0 Å². The van der Waals surface area contributed by atoms with Crippen LogP contribution in [0, 0.1) is 10.1 Å². The second kappa shape index (κ2) is 6.02. The van der Waals surface area contributed by atoms with Crippen molar-refractivity contribution < 1.29 is 9.72 Å². The number of carbonyl (C=O) groups excluding carboxylic acids is 1. The lowest BCUT2D eigenvalue weighted by molar-refractivity contribution is -0.384. The van der Waals surface area contributed by atoms with E-state index in [1.54, 1.807) is 6.07 Å². The maximum atomic E-state index is 12.0. The summed E-state index contributed by atoms with van der Waals surface area (Å²) in [5.74, 6) is -0.281. The van der Waals surface area contributed by atoms with Crippen molar-refractivity contribution in [2.75, 3.05) is 0 Å². The predicted molar refractivity (Wildman–Crippen MR) is 78.3 cm³/mol. The van der Waals surface area contributed by atoms with Crippen molar-refractivity contribution in [1.82, 2.24) is 5.32 Å². The lowest BCUT2D eigenvalue weighted by atomic mass is 10.2. The molecule has 20 heavy (non-hydrogen) atoms. The Bertz CT molecular complexity index is 639. The number of amides is 1. The summed E-state index contributed by atoms with van der Waals surface area (Å²) in [4.78, 5) is 23.0. The quantitative estimate of drug-likeness (QED) is 0.689. The van der Waals surface area contributed by atoms with Crippen molar-refractivity contribution in [2.45, 2.75) is 13.0 Å². The van der Waals surface area contributed by atoms with Gasteiger partial charge in [-0.3, -0.25) is 14.9 Å². The molecule has 1 atom stereocenters. The van der Waals surface area contributed by atoms with Gasteiger partial charge in [0.1, 0.15) is 0 Å². The molecule has 0 fully saturated rings. The first kappa shape index (κ1) is 14.5. The van der Waals surface area contributed by atoms with Crippen molar-refractivity contribution in [3.8, 4) is 0 Å². The van der Waals surface area contributed by atoms with E-state index in [1.165, 1.54) is 35.6 Å². The van der Waals surface area contributed by atoms with Gasteiger partial charge in [-0.05, 0) is 31.2 Å². The van der Waals surface area contributed by atoms with Crippen LogP contribution in [0.1, 0.15) is 28.2 Å². The average Bonchev–Trinajstić information content (AvgIpc) is 2.85. The van der Waals surface area contributed by atoms with Gasteiger partial charge in [-0.1, -0.05) is 11.6 Å². The van der Waals surface area contributed by atoms with Crippen LogP contribution in [0.2, 0.25) is 4.34 Å². The van der Waals surface area contributed by atoms with Crippen molar-refractivity contribution in [1.29, 1.82) is 0 Å². The average molecular weight is 311 g/mol. The zero-order valence-corrected chi connectivity index (χ0v) is 12.1. The number of thiophene rings is 1. The first-order valence-corrected chi connectivity index (χ1v) is 6.97. The number of carbonyl (C=O) groups is 1. The molecule has 0 aliphatic carbocycles. The molecule has 104 valence electrons. The number of benzene rings is 1. The summed E-state index contributed by atoms with van der Waals surface area (Å²) in [6.07, 6.45) is 0. The Morgan fingerprint density at radius 2 is 1.95 bits per heavy atom. The molecule has 5 nitrogen and oxygen atoms in total. The minimum Gasteiger partial charge on any atom is -0.345 e. The Hall–Kier alpha value is -1.92. The molecule has 1 heterocycles. The number of nitrogens with zero attached hydrogens (tertiary/aromatic N) is 1. The van der Waals surface area contributed by atoms with Gasteiger partial charge in [-0.15, -0.1) is 11.3 Å². The molecular weight excluding hydrogens is 300 g/mol. The number of non-ortho nitro benzene ring substituents is 1. The number of hydrogen-bond donors (Lipinski definition) is 1. The predicted octanol–water partition coefficient (Wildman–Crippen LogP) is 3.80. The number of rotatable bonds is 4. The van der Waals surface area contributed by atoms with E-state index in [1.807, 2.05) is 13.0 Å². The van der Waals surface area contributed by atoms with Crippen LogP contribution in [0.5, 0.6) is 0 Å². The highest BCUT2D eigenvalue weighted by atomic mass is 35.5. The monoisotopic (exact) mass is 310 g/mol. The maximum Gasteiger partial charge on any atom is 0.269 e. The fraction of sp³-hybridized carbons (Fsp3) is 0.154. The smallest absolute Gasteiger partial charge is 0.269 e. The van der Waals surface area contributed by atoms with E-state index in [9.17, 15) is 14.9 Å². The molecular formula is C13H11ClN2O3S. The van der Waals surface area contributed by atoms with E-state index in [2.05, 4.69) is 5.32 Å². The Balaban J connectivity index is 2.06. The Kier molecular flexibility index (Phi) is 4.36. The van der Waals surface area contributed by atoms with Gasteiger partial charge in [-0.2, -0.15) is 0 Å². The van der Waals surface area contributed by atoms with Gasteiger partial charge in [-0.25, -0.2) is 0 Å². The number of nitro groups is 1. The van der Waals surface area contributed by atoms with Crippen LogP contribution in [-0.2, 0) is 0 Å². The Morgan fingerprint density at radius 1 is 1.30 bits per heavy atom. The molecule has 0 radical (unpaired) electrons. The van der Waals surface area contributed by atoms with Gasteiger partial charge in [0.25, 0.3) is 11.6 Å². The first-order valence-electron chi connectivity index (χ1n) is 5.78. The zero-order valence-electron chi connectivity index (χ0n) is 10.5. The zero-order chi connectivity index (χ0) is 14.7. The fourth-order valence-corrected chi connectivity index (χ4v) is 2.71. The Morgan fingerprint density at radius 3 is 2.45 bits per heavy atom. The second-order valence-electron chi connectivity index (χ2n) is 4.14. The van der Waals surface area contributed by atoms with E-state index in [0.29, 0.717) is 9.90 Å². The topological polar surface area (TPSA) is 72.2 Å². The van der Waals surface area contributed by atoms with Gasteiger partial charge >= 0.3 is 0 Å². The Labute approximate surface area is 124 Å². The van der Waals surface area contributed by atoms with E-state index in [0.717, 1.165) is 4.88 Å². The number of nitro benzene ring substituents is 1. The highest BCUT2D eigenvalue weighted by Gasteiger charge is 2.14. The molecule has 2 aromatic rings. The third-order valence-electron chi connectivity index (χ3n) is 2.71. The minimum absolute atomic E-state index is 0.0420. The second-order valence-corrected chi connectivity index (χ2v) is 5.89. The highest BCUT2D eigenvalue weighted by Crippen LogP contribution is 2.26. The summed E-state index contributed by atoms with van der Waals surface area (Å²) >= 11 is 7.25. The highest BCUT2D eigenvalue weighted by molar-refractivity contribution is 7.16. The van der Waals surface area contributed by atoms with Crippen molar-refractivity contribution >= 4 is 34.5 Å². The molecule has 0 aliphatic rings. The molecule has 0 aliphatic heterocycles. The normalized spacial score (nSPS) is 11.9. The fourth-order valence-electron chi connectivity index (χ4n) is 1.65. The summed E-state index contributed by atoms with van der Waals surface area (Å²) in [6, 6.07) is 8.94. The van der Waals surface area contributed by atoms with Gasteiger partial charge in [0, 0.05) is 22.6 Å². The molecule has 1 N–H and O–H groups in total. The molecule has 1 unspecified atom stereocenters. The van der Waals surface area contributed by atoms with E-state index < -0.39 is 4.92 Å². The summed E-state index contributed by atoms with van der Waals surface area (Å²) < 4.78 is 0.663. The van der Waals surface area contributed by atoms with E-state index in [4.69, 9.17) is 11.6 Å². The lowest BCUT2D eigenvalue weighted by Gasteiger charge is -2.12.